The van der Waals surface area contributed by atoms with Crippen LogP contribution in [0.1, 0.15) is 17.5 Å². The first-order valence-corrected chi connectivity index (χ1v) is 9.24. The minimum Gasteiger partial charge on any atom is -0.487 e. The number of alkyl halides is 3. The lowest BCUT2D eigenvalue weighted by Gasteiger charge is -2.17. The number of rotatable bonds is 4. The molecule has 4 rings (SSSR count). The number of carbonyl (C=O) groups excluding carboxylic acids is 1. The zero-order chi connectivity index (χ0) is 19.7. The highest BCUT2D eigenvalue weighted by Gasteiger charge is 2.35. The van der Waals surface area contributed by atoms with Gasteiger partial charge in [0.2, 0.25) is 5.91 Å². The maximum absolute atomic E-state index is 13.4. The number of para-hydroxylation sites is 1. The molecule has 1 saturated heterocycles. The third-order valence-corrected chi connectivity index (χ3v) is 5.16. The Labute approximate surface area is 160 Å². The summed E-state index contributed by atoms with van der Waals surface area (Å²) < 4.78 is 51.4. The summed E-state index contributed by atoms with van der Waals surface area (Å²) in [6.07, 6.45) is -3.51. The minimum atomic E-state index is -4.45. The number of fused-ring (bicyclic) bond motifs is 1. The van der Waals surface area contributed by atoms with Crippen LogP contribution in [0.5, 0.6) is 5.75 Å². The summed E-state index contributed by atoms with van der Waals surface area (Å²) in [5, 5.41) is 2.87. The lowest BCUT2D eigenvalue weighted by atomic mass is 9.96. The Morgan fingerprint density at radius 3 is 2.64 bits per heavy atom. The first-order valence-electron chi connectivity index (χ1n) is 9.24. The fraction of sp³-hybridized carbons (Fsp3) is 0.381. The Hall–Kier alpha value is -2.54. The minimum absolute atomic E-state index is 0.0697. The molecule has 0 spiro atoms. The highest BCUT2D eigenvalue weighted by atomic mass is 19.4. The quantitative estimate of drug-likeness (QED) is 0.862. The Morgan fingerprint density at radius 2 is 1.89 bits per heavy atom. The van der Waals surface area contributed by atoms with Crippen molar-refractivity contribution >= 4 is 5.91 Å². The number of ether oxygens (including phenoxy) is 2. The van der Waals surface area contributed by atoms with E-state index in [4.69, 9.17) is 9.47 Å². The molecule has 2 aromatic rings. The van der Waals surface area contributed by atoms with Crippen LogP contribution in [0.25, 0.3) is 11.1 Å². The number of carbonyl (C=O) groups is 1. The second kappa shape index (κ2) is 7.47. The van der Waals surface area contributed by atoms with Crippen molar-refractivity contribution in [3.05, 3.63) is 53.6 Å². The standard InChI is InChI=1S/C21H20F3NO3/c22-21(23,24)18-7-2-1-5-16(18)17-6-3-4-13-10-15(28-19(13)17)11-25-20(26)14-8-9-27-12-14/h1-7,14-15H,8-12H2,(H,25,26)/t14-,15+/m0/s1. The Bertz CT molecular complexity index is 875. The smallest absolute Gasteiger partial charge is 0.417 e. The van der Waals surface area contributed by atoms with Crippen LogP contribution < -0.4 is 10.1 Å². The van der Waals surface area contributed by atoms with Gasteiger partial charge in [-0.1, -0.05) is 36.4 Å². The fourth-order valence-electron chi connectivity index (χ4n) is 3.73. The maximum atomic E-state index is 13.4. The number of nitrogens with one attached hydrogen (secondary N) is 1. The number of halogens is 3. The van der Waals surface area contributed by atoms with E-state index in [-0.39, 0.29) is 23.5 Å². The van der Waals surface area contributed by atoms with Crippen LogP contribution in [0.15, 0.2) is 42.5 Å². The molecule has 0 bridgehead atoms. The Kier molecular flexibility index (Phi) is 5.02. The molecule has 28 heavy (non-hydrogen) atoms. The third-order valence-electron chi connectivity index (χ3n) is 5.16. The van der Waals surface area contributed by atoms with Crippen LogP contribution in [0, 0.1) is 5.92 Å². The first-order chi connectivity index (χ1) is 13.4. The maximum Gasteiger partial charge on any atom is 0.417 e. The van der Waals surface area contributed by atoms with Gasteiger partial charge in [0.1, 0.15) is 11.9 Å². The Balaban J connectivity index is 1.53. The van der Waals surface area contributed by atoms with E-state index in [2.05, 4.69) is 5.32 Å². The molecule has 2 aliphatic heterocycles. The molecule has 0 aromatic heterocycles. The van der Waals surface area contributed by atoms with Gasteiger partial charge in [0.05, 0.1) is 24.6 Å². The van der Waals surface area contributed by atoms with Gasteiger partial charge in [-0.15, -0.1) is 0 Å². The zero-order valence-corrected chi connectivity index (χ0v) is 15.1. The van der Waals surface area contributed by atoms with Crippen molar-refractivity contribution in [1.29, 1.82) is 0 Å². The summed E-state index contributed by atoms with van der Waals surface area (Å²) >= 11 is 0. The number of amides is 1. The SMILES string of the molecule is O=C(NC[C@H]1Cc2cccc(-c3ccccc3C(F)(F)F)c2O1)[C@H]1CCOC1. The monoisotopic (exact) mass is 391 g/mol. The lowest BCUT2D eigenvalue weighted by molar-refractivity contribution is -0.137. The summed E-state index contributed by atoms with van der Waals surface area (Å²) in [6.45, 7) is 1.33. The molecule has 0 radical (unpaired) electrons. The average molecular weight is 391 g/mol. The number of hydrogen-bond acceptors (Lipinski definition) is 3. The van der Waals surface area contributed by atoms with E-state index in [1.165, 1.54) is 12.1 Å². The van der Waals surface area contributed by atoms with E-state index in [9.17, 15) is 18.0 Å². The van der Waals surface area contributed by atoms with E-state index < -0.39 is 11.7 Å². The molecule has 7 heteroatoms. The predicted molar refractivity (Wildman–Crippen MR) is 96.9 cm³/mol. The van der Waals surface area contributed by atoms with Crippen molar-refractivity contribution in [1.82, 2.24) is 5.32 Å². The van der Waals surface area contributed by atoms with Crippen molar-refractivity contribution in [3.63, 3.8) is 0 Å². The third kappa shape index (κ3) is 3.71. The highest BCUT2D eigenvalue weighted by molar-refractivity contribution is 5.79. The first kappa shape index (κ1) is 18.8. The molecule has 0 aliphatic carbocycles. The normalized spacial score (nSPS) is 21.2. The van der Waals surface area contributed by atoms with Gasteiger partial charge in [-0.05, 0) is 23.6 Å². The molecular formula is C21H20F3NO3. The van der Waals surface area contributed by atoms with Crippen LogP contribution in [0.2, 0.25) is 0 Å². The molecule has 1 N–H and O–H groups in total. The number of hydrogen-bond donors (Lipinski definition) is 1. The van der Waals surface area contributed by atoms with E-state index in [1.54, 1.807) is 18.2 Å². The summed E-state index contributed by atoms with van der Waals surface area (Å²) in [5.41, 5.74) is 0.672. The van der Waals surface area contributed by atoms with Crippen LogP contribution in [-0.2, 0) is 22.1 Å². The van der Waals surface area contributed by atoms with Gasteiger partial charge in [-0.2, -0.15) is 13.2 Å². The van der Waals surface area contributed by atoms with Crippen molar-refractivity contribution in [2.75, 3.05) is 19.8 Å². The van der Waals surface area contributed by atoms with Gasteiger partial charge < -0.3 is 14.8 Å². The second-order valence-corrected chi connectivity index (χ2v) is 7.09. The molecule has 0 saturated carbocycles. The topological polar surface area (TPSA) is 47.6 Å². The molecule has 148 valence electrons. The van der Waals surface area contributed by atoms with E-state index in [1.807, 2.05) is 6.07 Å². The van der Waals surface area contributed by atoms with E-state index in [0.717, 1.165) is 11.6 Å². The van der Waals surface area contributed by atoms with Gasteiger partial charge in [0, 0.05) is 18.6 Å². The largest absolute Gasteiger partial charge is 0.487 e. The fourth-order valence-corrected chi connectivity index (χ4v) is 3.73. The van der Waals surface area contributed by atoms with Crippen LogP contribution >= 0.6 is 0 Å². The average Bonchev–Trinajstić information content (AvgIpc) is 3.34. The van der Waals surface area contributed by atoms with Crippen LogP contribution in [0.3, 0.4) is 0 Å². The van der Waals surface area contributed by atoms with Gasteiger partial charge in [-0.3, -0.25) is 4.79 Å². The molecule has 2 aromatic carbocycles. The van der Waals surface area contributed by atoms with Crippen LogP contribution in [-0.4, -0.2) is 31.8 Å². The predicted octanol–water partition coefficient (Wildman–Crippen LogP) is 3.83. The Morgan fingerprint density at radius 1 is 1.11 bits per heavy atom. The lowest BCUT2D eigenvalue weighted by Crippen LogP contribution is -2.38. The van der Waals surface area contributed by atoms with Gasteiger partial charge in [-0.25, -0.2) is 0 Å². The van der Waals surface area contributed by atoms with Gasteiger partial charge in [0.25, 0.3) is 0 Å². The van der Waals surface area contributed by atoms with Gasteiger partial charge in [0.15, 0.2) is 0 Å². The summed E-state index contributed by atoms with van der Waals surface area (Å²) in [7, 11) is 0. The van der Waals surface area contributed by atoms with Crippen molar-refractivity contribution < 1.29 is 27.4 Å². The second-order valence-electron chi connectivity index (χ2n) is 7.09. The van der Waals surface area contributed by atoms with E-state index >= 15 is 0 Å². The van der Waals surface area contributed by atoms with Crippen molar-refractivity contribution in [3.8, 4) is 16.9 Å². The molecule has 2 aliphatic rings. The highest BCUT2D eigenvalue weighted by Crippen LogP contribution is 2.43. The molecule has 2 heterocycles. The zero-order valence-electron chi connectivity index (χ0n) is 15.1. The molecule has 2 atom stereocenters. The molecule has 0 unspecified atom stereocenters. The van der Waals surface area contributed by atoms with Gasteiger partial charge >= 0.3 is 6.18 Å². The van der Waals surface area contributed by atoms with Crippen molar-refractivity contribution in [2.45, 2.75) is 25.1 Å². The van der Waals surface area contributed by atoms with Crippen LogP contribution in [0.4, 0.5) is 13.2 Å². The summed E-state index contributed by atoms with van der Waals surface area (Å²) in [4.78, 5) is 12.1. The summed E-state index contributed by atoms with van der Waals surface area (Å²) in [5.74, 6) is 0.250. The van der Waals surface area contributed by atoms with Crippen molar-refractivity contribution in [2.24, 2.45) is 5.92 Å². The molecule has 1 amide bonds. The number of benzene rings is 2. The molecule has 4 nitrogen and oxygen atoms in total. The molecular weight excluding hydrogens is 371 g/mol. The summed E-state index contributed by atoms with van der Waals surface area (Å²) in [6, 6.07) is 10.7. The molecule has 1 fully saturated rings. The van der Waals surface area contributed by atoms with E-state index in [0.29, 0.717) is 43.9 Å².